The molecule has 1 aromatic rings. The Kier molecular flexibility index (Phi) is 3.75. The summed E-state index contributed by atoms with van der Waals surface area (Å²) in [5, 5.41) is 3.14. The molecule has 13 heavy (non-hydrogen) atoms. The zero-order chi connectivity index (χ0) is 9.52. The lowest BCUT2D eigenvalue weighted by molar-refractivity contribution is 1.04. The Morgan fingerprint density at radius 1 is 1.62 bits per heavy atom. The van der Waals surface area contributed by atoms with Crippen LogP contribution in [0, 0.1) is 0 Å². The summed E-state index contributed by atoms with van der Waals surface area (Å²) < 4.78 is 0. The molecule has 0 spiro atoms. The molecule has 0 aromatic carbocycles. The Bertz CT molecular complexity index is 283. The highest BCUT2D eigenvalue weighted by Gasteiger charge is 1.92. The molecule has 0 aliphatic carbocycles. The third-order valence-corrected chi connectivity index (χ3v) is 1.53. The number of aromatic nitrogens is 2. The van der Waals surface area contributed by atoms with Gasteiger partial charge < -0.3 is 11.1 Å². The molecule has 0 radical (unpaired) electrons. The van der Waals surface area contributed by atoms with Gasteiger partial charge in [0.2, 0.25) is 5.95 Å². The van der Waals surface area contributed by atoms with Crippen LogP contribution in [0.15, 0.2) is 24.4 Å². The van der Waals surface area contributed by atoms with E-state index in [1.807, 2.05) is 13.0 Å². The molecule has 4 nitrogen and oxygen atoms in total. The first kappa shape index (κ1) is 9.51. The number of nitrogens with two attached hydrogens (primary N) is 1. The molecule has 4 heteroatoms. The van der Waals surface area contributed by atoms with Gasteiger partial charge in [-0.05, 0) is 19.4 Å². The molecule has 0 amide bonds. The van der Waals surface area contributed by atoms with Crippen molar-refractivity contribution in [2.75, 3.05) is 17.6 Å². The zero-order valence-corrected chi connectivity index (χ0v) is 7.70. The summed E-state index contributed by atoms with van der Waals surface area (Å²) in [6, 6.07) is 1.80. The molecule has 0 unspecified atom stereocenters. The van der Waals surface area contributed by atoms with Gasteiger partial charge in [-0.2, -0.15) is 4.98 Å². The lowest BCUT2D eigenvalue weighted by atomic mass is 10.4. The molecule has 1 rings (SSSR count). The first-order valence-electron chi connectivity index (χ1n) is 4.26. The summed E-state index contributed by atoms with van der Waals surface area (Å²) in [6.45, 7) is 2.86. The van der Waals surface area contributed by atoms with E-state index in [1.165, 1.54) is 0 Å². The summed E-state index contributed by atoms with van der Waals surface area (Å²) in [7, 11) is 0. The SMILES string of the molecule is C/C=C/CCNc1ccnc(N)n1. The predicted molar refractivity (Wildman–Crippen MR) is 54.4 cm³/mol. The van der Waals surface area contributed by atoms with E-state index in [1.54, 1.807) is 12.3 Å². The lowest BCUT2D eigenvalue weighted by Crippen LogP contribution is -2.04. The molecule has 1 aromatic heterocycles. The van der Waals surface area contributed by atoms with Crippen LogP contribution in [0.4, 0.5) is 11.8 Å². The molecule has 0 bridgehead atoms. The van der Waals surface area contributed by atoms with Crippen LogP contribution in [0.5, 0.6) is 0 Å². The Balaban J connectivity index is 2.36. The quantitative estimate of drug-likeness (QED) is 0.541. The minimum absolute atomic E-state index is 0.302. The van der Waals surface area contributed by atoms with Crippen molar-refractivity contribution < 1.29 is 0 Å². The minimum Gasteiger partial charge on any atom is -0.370 e. The Morgan fingerprint density at radius 3 is 3.15 bits per heavy atom. The van der Waals surface area contributed by atoms with Crippen LogP contribution in [-0.2, 0) is 0 Å². The highest BCUT2D eigenvalue weighted by molar-refractivity contribution is 5.37. The number of hydrogen-bond acceptors (Lipinski definition) is 4. The largest absolute Gasteiger partial charge is 0.370 e. The van der Waals surface area contributed by atoms with Crippen molar-refractivity contribution in [2.24, 2.45) is 0 Å². The van der Waals surface area contributed by atoms with Gasteiger partial charge in [0, 0.05) is 12.7 Å². The van der Waals surface area contributed by atoms with Crippen molar-refractivity contribution in [3.8, 4) is 0 Å². The van der Waals surface area contributed by atoms with Crippen LogP contribution in [0.3, 0.4) is 0 Å². The molecule has 0 saturated heterocycles. The second-order valence-corrected chi connectivity index (χ2v) is 2.58. The van der Waals surface area contributed by atoms with Crippen LogP contribution in [0.25, 0.3) is 0 Å². The van der Waals surface area contributed by atoms with Crippen LogP contribution in [0.1, 0.15) is 13.3 Å². The van der Waals surface area contributed by atoms with E-state index in [0.717, 1.165) is 18.8 Å². The van der Waals surface area contributed by atoms with E-state index in [4.69, 9.17) is 5.73 Å². The van der Waals surface area contributed by atoms with Crippen LogP contribution < -0.4 is 11.1 Å². The molecule has 0 fully saturated rings. The monoisotopic (exact) mass is 178 g/mol. The van der Waals surface area contributed by atoms with Gasteiger partial charge in [-0.1, -0.05) is 12.2 Å². The highest BCUT2D eigenvalue weighted by atomic mass is 15.1. The van der Waals surface area contributed by atoms with Crippen LogP contribution >= 0.6 is 0 Å². The molecule has 70 valence electrons. The van der Waals surface area contributed by atoms with Crippen molar-refractivity contribution >= 4 is 11.8 Å². The van der Waals surface area contributed by atoms with Gasteiger partial charge in [-0.15, -0.1) is 0 Å². The molecule has 0 aliphatic rings. The third kappa shape index (κ3) is 3.55. The van der Waals surface area contributed by atoms with Gasteiger partial charge in [0.25, 0.3) is 0 Å². The maximum absolute atomic E-state index is 5.41. The van der Waals surface area contributed by atoms with E-state index in [0.29, 0.717) is 5.95 Å². The van der Waals surface area contributed by atoms with Gasteiger partial charge >= 0.3 is 0 Å². The number of hydrogen-bond donors (Lipinski definition) is 2. The fourth-order valence-electron chi connectivity index (χ4n) is 0.922. The maximum Gasteiger partial charge on any atom is 0.221 e. The Labute approximate surface area is 77.9 Å². The molecule has 0 atom stereocenters. The van der Waals surface area contributed by atoms with Crippen molar-refractivity contribution in [2.45, 2.75) is 13.3 Å². The fourth-order valence-corrected chi connectivity index (χ4v) is 0.922. The van der Waals surface area contributed by atoms with Crippen molar-refractivity contribution in [1.82, 2.24) is 9.97 Å². The molecule has 0 saturated carbocycles. The first-order chi connectivity index (χ1) is 6.33. The molecular formula is C9H14N4. The number of nitrogens with one attached hydrogen (secondary N) is 1. The van der Waals surface area contributed by atoms with E-state index in [9.17, 15) is 0 Å². The Hall–Kier alpha value is -1.58. The number of nitrogen functional groups attached to an aromatic ring is 1. The van der Waals surface area contributed by atoms with E-state index in [2.05, 4.69) is 21.4 Å². The predicted octanol–water partition coefficient (Wildman–Crippen LogP) is 1.44. The molecule has 3 N–H and O–H groups in total. The van der Waals surface area contributed by atoms with E-state index < -0.39 is 0 Å². The summed E-state index contributed by atoms with van der Waals surface area (Å²) >= 11 is 0. The van der Waals surface area contributed by atoms with Crippen molar-refractivity contribution in [3.05, 3.63) is 24.4 Å². The third-order valence-electron chi connectivity index (χ3n) is 1.53. The normalized spacial score (nSPS) is 10.5. The van der Waals surface area contributed by atoms with Gasteiger partial charge in [0.1, 0.15) is 5.82 Å². The van der Waals surface area contributed by atoms with E-state index in [-0.39, 0.29) is 0 Å². The molecular weight excluding hydrogens is 164 g/mol. The number of rotatable bonds is 4. The minimum atomic E-state index is 0.302. The number of nitrogens with zero attached hydrogens (tertiary/aromatic N) is 2. The van der Waals surface area contributed by atoms with Gasteiger partial charge in [-0.25, -0.2) is 4.98 Å². The number of anilines is 2. The standard InChI is InChI=1S/C9H14N4/c1-2-3-4-6-11-8-5-7-12-9(10)13-8/h2-3,5,7H,4,6H2,1H3,(H3,10,11,12,13)/b3-2+. The number of allylic oxidation sites excluding steroid dienone is 1. The fraction of sp³-hybridized carbons (Fsp3) is 0.333. The average molecular weight is 178 g/mol. The lowest BCUT2D eigenvalue weighted by Gasteiger charge is -2.02. The van der Waals surface area contributed by atoms with E-state index >= 15 is 0 Å². The Morgan fingerprint density at radius 2 is 2.46 bits per heavy atom. The van der Waals surface area contributed by atoms with Crippen molar-refractivity contribution in [3.63, 3.8) is 0 Å². The maximum atomic E-state index is 5.41. The highest BCUT2D eigenvalue weighted by Crippen LogP contribution is 2.02. The van der Waals surface area contributed by atoms with Gasteiger partial charge in [0.15, 0.2) is 0 Å². The summed E-state index contributed by atoms with van der Waals surface area (Å²) in [4.78, 5) is 7.80. The van der Waals surface area contributed by atoms with Crippen LogP contribution in [-0.4, -0.2) is 16.5 Å². The summed E-state index contributed by atoms with van der Waals surface area (Å²) in [5.41, 5.74) is 5.41. The first-order valence-corrected chi connectivity index (χ1v) is 4.26. The summed E-state index contributed by atoms with van der Waals surface area (Å²) in [5.74, 6) is 1.08. The molecule has 1 heterocycles. The van der Waals surface area contributed by atoms with Gasteiger partial charge in [-0.3, -0.25) is 0 Å². The average Bonchev–Trinajstić information content (AvgIpc) is 2.13. The van der Waals surface area contributed by atoms with Crippen molar-refractivity contribution in [1.29, 1.82) is 0 Å². The topological polar surface area (TPSA) is 63.8 Å². The second kappa shape index (κ2) is 5.13. The van der Waals surface area contributed by atoms with Crippen LogP contribution in [0.2, 0.25) is 0 Å². The zero-order valence-electron chi connectivity index (χ0n) is 7.70. The smallest absolute Gasteiger partial charge is 0.221 e. The second-order valence-electron chi connectivity index (χ2n) is 2.58. The molecule has 0 aliphatic heterocycles. The van der Waals surface area contributed by atoms with Gasteiger partial charge in [0.05, 0.1) is 0 Å². The summed E-state index contributed by atoms with van der Waals surface area (Å²) in [6.07, 6.45) is 6.74.